The summed E-state index contributed by atoms with van der Waals surface area (Å²) in [6.07, 6.45) is 3.62. The highest BCUT2D eigenvalue weighted by atomic mass is 16.5. The summed E-state index contributed by atoms with van der Waals surface area (Å²) in [4.78, 5) is 22.8. The number of carbonyl (C=O) groups is 2. The molecular weight excluding hydrogens is 346 g/mol. The van der Waals surface area contributed by atoms with Crippen molar-refractivity contribution in [3.63, 3.8) is 0 Å². The number of carboxylic acid groups (broad SMARTS) is 1. The molecule has 0 spiro atoms. The topological polar surface area (TPSA) is 114 Å². The molecule has 0 heterocycles. The molecule has 1 fully saturated rings. The van der Waals surface area contributed by atoms with Gasteiger partial charge in [0, 0.05) is 12.6 Å². The van der Waals surface area contributed by atoms with Crippen LogP contribution in [0.2, 0.25) is 0 Å². The third-order valence-electron chi connectivity index (χ3n) is 5.61. The van der Waals surface area contributed by atoms with E-state index in [0.29, 0.717) is 13.1 Å². The van der Waals surface area contributed by atoms with Crippen LogP contribution in [0.4, 0.5) is 9.59 Å². The zero-order chi connectivity index (χ0) is 19.7. The van der Waals surface area contributed by atoms with Crippen molar-refractivity contribution in [2.45, 2.75) is 51.7 Å². The summed E-state index contributed by atoms with van der Waals surface area (Å²) in [7, 11) is 0. The monoisotopic (exact) mass is 377 g/mol. The van der Waals surface area contributed by atoms with E-state index < -0.39 is 12.2 Å². The summed E-state index contributed by atoms with van der Waals surface area (Å²) in [6.45, 7) is 3.10. The summed E-state index contributed by atoms with van der Waals surface area (Å²) in [5.74, 6) is 0.0893. The first-order valence-corrected chi connectivity index (χ1v) is 9.58. The van der Waals surface area contributed by atoms with E-state index in [-0.39, 0.29) is 24.0 Å². The van der Waals surface area contributed by atoms with Crippen molar-refractivity contribution in [3.8, 4) is 0 Å². The van der Waals surface area contributed by atoms with Gasteiger partial charge in [0.25, 0.3) is 0 Å². The summed E-state index contributed by atoms with van der Waals surface area (Å²) < 4.78 is 5.23. The van der Waals surface area contributed by atoms with Crippen LogP contribution in [0, 0.1) is 11.3 Å². The molecule has 1 aromatic carbocycles. The molecule has 27 heavy (non-hydrogen) atoms. The van der Waals surface area contributed by atoms with Crippen LogP contribution in [0.25, 0.3) is 0 Å². The van der Waals surface area contributed by atoms with Gasteiger partial charge in [-0.15, -0.1) is 0 Å². The Bertz CT molecular complexity index is 605. The number of nitrogens with two attached hydrogens (primary N) is 1. The van der Waals surface area contributed by atoms with Gasteiger partial charge in [-0.2, -0.15) is 0 Å². The molecule has 0 unspecified atom stereocenters. The van der Waals surface area contributed by atoms with Gasteiger partial charge < -0.3 is 26.2 Å². The standard InChI is InChI=1S/C20H31N3O4/c1-15(23-18(24)25)17(13-21)12-20(8-5-9-20)10-11-22-19(26)27-14-16-6-3-2-4-7-16/h2-4,6-7,15,17,23H,5,8-14,21H2,1H3,(H,22,26)(H,24,25)/t15-,17+/m1/s1. The van der Waals surface area contributed by atoms with Crippen LogP contribution in [-0.2, 0) is 11.3 Å². The van der Waals surface area contributed by atoms with E-state index in [0.717, 1.165) is 37.7 Å². The highest BCUT2D eigenvalue weighted by Crippen LogP contribution is 2.48. The van der Waals surface area contributed by atoms with Gasteiger partial charge in [-0.25, -0.2) is 9.59 Å². The van der Waals surface area contributed by atoms with E-state index in [1.165, 1.54) is 0 Å². The minimum absolute atomic E-state index is 0.0893. The Balaban J connectivity index is 1.75. The fourth-order valence-electron chi connectivity index (χ4n) is 3.77. The van der Waals surface area contributed by atoms with Crippen molar-refractivity contribution in [1.82, 2.24) is 10.6 Å². The molecule has 2 rings (SSSR count). The Labute approximate surface area is 160 Å². The molecule has 2 amide bonds. The number of alkyl carbamates (subject to hydrolysis) is 1. The van der Waals surface area contributed by atoms with Crippen molar-refractivity contribution >= 4 is 12.2 Å². The maximum absolute atomic E-state index is 11.9. The quantitative estimate of drug-likeness (QED) is 0.500. The van der Waals surface area contributed by atoms with Gasteiger partial charge in [-0.3, -0.25) is 0 Å². The zero-order valence-corrected chi connectivity index (χ0v) is 15.9. The van der Waals surface area contributed by atoms with E-state index in [1.54, 1.807) is 0 Å². The van der Waals surface area contributed by atoms with Gasteiger partial charge in [-0.05, 0) is 56.0 Å². The van der Waals surface area contributed by atoms with Crippen LogP contribution < -0.4 is 16.4 Å². The summed E-state index contributed by atoms with van der Waals surface area (Å²) >= 11 is 0. The molecule has 7 heteroatoms. The van der Waals surface area contributed by atoms with Gasteiger partial charge >= 0.3 is 12.2 Å². The molecule has 7 nitrogen and oxygen atoms in total. The van der Waals surface area contributed by atoms with Crippen LogP contribution in [-0.4, -0.2) is 36.4 Å². The highest BCUT2D eigenvalue weighted by Gasteiger charge is 2.39. The fraction of sp³-hybridized carbons (Fsp3) is 0.600. The van der Waals surface area contributed by atoms with Crippen molar-refractivity contribution in [2.75, 3.05) is 13.1 Å². The van der Waals surface area contributed by atoms with Crippen LogP contribution >= 0.6 is 0 Å². The lowest BCUT2D eigenvalue weighted by molar-refractivity contribution is 0.0721. The van der Waals surface area contributed by atoms with Gasteiger partial charge in [-0.1, -0.05) is 36.8 Å². The number of amides is 2. The second kappa shape index (κ2) is 10.2. The van der Waals surface area contributed by atoms with E-state index in [1.807, 2.05) is 37.3 Å². The van der Waals surface area contributed by atoms with Crippen LogP contribution in [0.5, 0.6) is 0 Å². The molecule has 0 radical (unpaired) electrons. The number of hydrogen-bond donors (Lipinski definition) is 4. The number of nitrogens with one attached hydrogen (secondary N) is 2. The Morgan fingerprint density at radius 2 is 2.00 bits per heavy atom. The Kier molecular flexibility index (Phi) is 7.91. The lowest BCUT2D eigenvalue weighted by Crippen LogP contribution is -2.45. The van der Waals surface area contributed by atoms with E-state index in [9.17, 15) is 9.59 Å². The second-order valence-corrected chi connectivity index (χ2v) is 7.53. The number of benzene rings is 1. The second-order valence-electron chi connectivity index (χ2n) is 7.53. The van der Waals surface area contributed by atoms with Crippen molar-refractivity contribution in [3.05, 3.63) is 35.9 Å². The highest BCUT2D eigenvalue weighted by molar-refractivity contribution is 5.67. The molecule has 1 aliphatic carbocycles. The summed E-state index contributed by atoms with van der Waals surface area (Å²) in [5, 5.41) is 14.3. The van der Waals surface area contributed by atoms with Gasteiger partial charge in [0.05, 0.1) is 0 Å². The van der Waals surface area contributed by atoms with E-state index >= 15 is 0 Å². The maximum atomic E-state index is 11.9. The van der Waals surface area contributed by atoms with Gasteiger partial charge in [0.1, 0.15) is 6.61 Å². The number of rotatable bonds is 10. The zero-order valence-electron chi connectivity index (χ0n) is 15.9. The fourth-order valence-corrected chi connectivity index (χ4v) is 3.77. The normalized spacial score (nSPS) is 17.3. The largest absolute Gasteiger partial charge is 0.465 e. The van der Waals surface area contributed by atoms with Crippen molar-refractivity contribution < 1.29 is 19.4 Å². The van der Waals surface area contributed by atoms with Crippen LogP contribution in [0.15, 0.2) is 30.3 Å². The van der Waals surface area contributed by atoms with Gasteiger partial charge in [0.2, 0.25) is 0 Å². The molecular formula is C20H31N3O4. The predicted molar refractivity (Wildman–Crippen MR) is 103 cm³/mol. The molecule has 1 aromatic rings. The predicted octanol–water partition coefficient (Wildman–Crippen LogP) is 3.09. The molecule has 1 aliphatic rings. The van der Waals surface area contributed by atoms with Gasteiger partial charge in [0.15, 0.2) is 0 Å². The molecule has 0 aromatic heterocycles. The SMILES string of the molecule is C[C@@H](NC(=O)O)[C@H](CN)CC1(CCNC(=O)OCc2ccccc2)CCC1. The third kappa shape index (κ3) is 6.75. The molecule has 0 saturated heterocycles. The smallest absolute Gasteiger partial charge is 0.407 e. The average molecular weight is 377 g/mol. The number of ether oxygens (including phenoxy) is 1. The average Bonchev–Trinajstić information content (AvgIpc) is 2.61. The first-order valence-electron chi connectivity index (χ1n) is 9.58. The van der Waals surface area contributed by atoms with E-state index in [4.69, 9.17) is 15.6 Å². The molecule has 1 saturated carbocycles. The van der Waals surface area contributed by atoms with Crippen molar-refractivity contribution in [2.24, 2.45) is 17.1 Å². The molecule has 2 atom stereocenters. The summed E-state index contributed by atoms with van der Waals surface area (Å²) in [5.41, 5.74) is 6.97. The Hall–Kier alpha value is -2.28. The lowest BCUT2D eigenvalue weighted by Gasteiger charge is -2.45. The molecule has 5 N–H and O–H groups in total. The van der Waals surface area contributed by atoms with Crippen LogP contribution in [0.3, 0.4) is 0 Å². The van der Waals surface area contributed by atoms with Crippen molar-refractivity contribution in [1.29, 1.82) is 0 Å². The summed E-state index contributed by atoms with van der Waals surface area (Å²) in [6, 6.07) is 9.37. The first kappa shape index (κ1) is 21.0. The molecule has 0 aliphatic heterocycles. The van der Waals surface area contributed by atoms with Crippen LogP contribution in [0.1, 0.15) is 44.6 Å². The Morgan fingerprint density at radius 3 is 2.56 bits per heavy atom. The number of hydrogen-bond acceptors (Lipinski definition) is 4. The maximum Gasteiger partial charge on any atom is 0.407 e. The Morgan fingerprint density at radius 1 is 1.30 bits per heavy atom. The lowest BCUT2D eigenvalue weighted by atomic mass is 9.61. The van der Waals surface area contributed by atoms with E-state index in [2.05, 4.69) is 10.6 Å². The molecule has 0 bridgehead atoms. The minimum atomic E-state index is -1.02. The third-order valence-corrected chi connectivity index (χ3v) is 5.61. The minimum Gasteiger partial charge on any atom is -0.465 e. The first-order chi connectivity index (χ1) is 12.9. The number of carbonyl (C=O) groups excluding carboxylic acids is 1. The molecule has 150 valence electrons.